The molecule has 8 heteroatoms. The van der Waals surface area contributed by atoms with Crippen LogP contribution in [0.3, 0.4) is 0 Å². The Labute approximate surface area is 191 Å². The van der Waals surface area contributed by atoms with Crippen LogP contribution in [0.5, 0.6) is 0 Å². The van der Waals surface area contributed by atoms with Gasteiger partial charge in [0, 0.05) is 17.9 Å². The molecule has 0 bridgehead atoms. The summed E-state index contributed by atoms with van der Waals surface area (Å²) in [5.74, 6) is -1.08. The van der Waals surface area contributed by atoms with E-state index in [0.717, 1.165) is 22.4 Å². The molecule has 1 aromatic heterocycles. The standard InChI is InChI=1S/C24H25N3O4S/c1-15-5-8-19(9-6-15)23(30)25-12-22(29)31-13-20-14-32-24(26-20)27(18(4)28)21-10-7-16(2)17(3)11-21/h5-11,14H,12-13H2,1-4H3,(H,25,30). The predicted octanol–water partition coefficient (Wildman–Crippen LogP) is 4.23. The fraction of sp³-hybridized carbons (Fsp3) is 0.250. The van der Waals surface area contributed by atoms with Gasteiger partial charge in [0.15, 0.2) is 5.13 Å². The topological polar surface area (TPSA) is 88.6 Å². The molecule has 32 heavy (non-hydrogen) atoms. The van der Waals surface area contributed by atoms with E-state index in [1.54, 1.807) is 17.5 Å². The van der Waals surface area contributed by atoms with Crippen molar-refractivity contribution in [2.45, 2.75) is 34.3 Å². The molecule has 2 amide bonds. The third kappa shape index (κ3) is 5.79. The fourth-order valence-corrected chi connectivity index (χ4v) is 3.79. The molecule has 0 unspecified atom stereocenters. The number of hydrogen-bond donors (Lipinski definition) is 1. The summed E-state index contributed by atoms with van der Waals surface area (Å²) in [4.78, 5) is 42.4. The number of benzene rings is 2. The summed E-state index contributed by atoms with van der Waals surface area (Å²) in [6.45, 7) is 7.12. The highest BCUT2D eigenvalue weighted by Crippen LogP contribution is 2.30. The van der Waals surface area contributed by atoms with Gasteiger partial charge in [-0.05, 0) is 56.2 Å². The highest BCUT2D eigenvalue weighted by atomic mass is 32.1. The third-order valence-electron chi connectivity index (χ3n) is 4.88. The Bertz CT molecular complexity index is 1140. The summed E-state index contributed by atoms with van der Waals surface area (Å²) in [5.41, 5.74) is 4.99. The van der Waals surface area contributed by atoms with Gasteiger partial charge in [-0.15, -0.1) is 11.3 Å². The molecular formula is C24H25N3O4S. The van der Waals surface area contributed by atoms with Gasteiger partial charge in [0.05, 0.1) is 11.4 Å². The minimum absolute atomic E-state index is 0.0472. The highest BCUT2D eigenvalue weighted by molar-refractivity contribution is 7.14. The van der Waals surface area contributed by atoms with E-state index in [1.807, 2.05) is 51.1 Å². The second kappa shape index (κ2) is 10.2. The second-order valence-corrected chi connectivity index (χ2v) is 8.29. The molecule has 0 radical (unpaired) electrons. The highest BCUT2D eigenvalue weighted by Gasteiger charge is 2.19. The van der Waals surface area contributed by atoms with Crippen molar-refractivity contribution in [3.05, 3.63) is 75.8 Å². The molecule has 1 heterocycles. The summed E-state index contributed by atoms with van der Waals surface area (Å²) >= 11 is 1.29. The molecule has 7 nitrogen and oxygen atoms in total. The quantitative estimate of drug-likeness (QED) is 0.543. The van der Waals surface area contributed by atoms with E-state index in [9.17, 15) is 14.4 Å². The second-order valence-electron chi connectivity index (χ2n) is 7.45. The maximum absolute atomic E-state index is 12.3. The van der Waals surface area contributed by atoms with Gasteiger partial charge in [-0.3, -0.25) is 19.3 Å². The Morgan fingerprint density at radius 3 is 2.41 bits per heavy atom. The van der Waals surface area contributed by atoms with E-state index in [0.29, 0.717) is 16.4 Å². The van der Waals surface area contributed by atoms with Crippen molar-refractivity contribution in [3.8, 4) is 0 Å². The smallest absolute Gasteiger partial charge is 0.325 e. The van der Waals surface area contributed by atoms with Crippen molar-refractivity contribution < 1.29 is 19.1 Å². The molecule has 0 aliphatic heterocycles. The van der Waals surface area contributed by atoms with E-state index >= 15 is 0 Å². The Kier molecular flexibility index (Phi) is 7.37. The molecular weight excluding hydrogens is 426 g/mol. The molecule has 0 aliphatic rings. The summed E-state index contributed by atoms with van der Waals surface area (Å²) in [5, 5.41) is 4.78. The molecule has 0 atom stereocenters. The fourth-order valence-electron chi connectivity index (χ4n) is 2.92. The molecule has 0 spiro atoms. The van der Waals surface area contributed by atoms with Gasteiger partial charge >= 0.3 is 5.97 Å². The van der Waals surface area contributed by atoms with Gasteiger partial charge in [-0.2, -0.15) is 0 Å². The first kappa shape index (κ1) is 23.1. The number of hydrogen-bond acceptors (Lipinski definition) is 6. The number of nitrogens with one attached hydrogen (secondary N) is 1. The number of nitrogens with zero attached hydrogens (tertiary/aromatic N) is 2. The average Bonchev–Trinajstić information content (AvgIpc) is 3.21. The predicted molar refractivity (Wildman–Crippen MR) is 124 cm³/mol. The van der Waals surface area contributed by atoms with Gasteiger partial charge < -0.3 is 10.1 Å². The van der Waals surface area contributed by atoms with Crippen molar-refractivity contribution in [3.63, 3.8) is 0 Å². The van der Waals surface area contributed by atoms with Crippen LogP contribution in [0.15, 0.2) is 47.8 Å². The Balaban J connectivity index is 1.57. The molecule has 0 aliphatic carbocycles. The first-order valence-electron chi connectivity index (χ1n) is 10.1. The molecule has 2 aromatic carbocycles. The molecule has 1 N–H and O–H groups in total. The maximum Gasteiger partial charge on any atom is 0.325 e. The number of rotatable bonds is 7. The number of carbonyl (C=O) groups is 3. The Morgan fingerprint density at radius 1 is 1.03 bits per heavy atom. The van der Waals surface area contributed by atoms with Crippen LogP contribution in [0.1, 0.15) is 39.7 Å². The van der Waals surface area contributed by atoms with Crippen molar-refractivity contribution in [1.82, 2.24) is 10.3 Å². The minimum atomic E-state index is -0.572. The number of ether oxygens (including phenoxy) is 1. The SMILES string of the molecule is CC(=O)N(c1ccc(C)c(C)c1)c1nc(COC(=O)CNC(=O)c2ccc(C)cc2)cs1. The minimum Gasteiger partial charge on any atom is -0.458 e. The lowest BCUT2D eigenvalue weighted by Gasteiger charge is -2.19. The summed E-state index contributed by atoms with van der Waals surface area (Å²) < 4.78 is 5.21. The van der Waals surface area contributed by atoms with Gasteiger partial charge in [0.25, 0.3) is 5.91 Å². The van der Waals surface area contributed by atoms with E-state index in [1.165, 1.54) is 23.2 Å². The average molecular weight is 452 g/mol. The number of amides is 2. The van der Waals surface area contributed by atoms with E-state index < -0.39 is 5.97 Å². The van der Waals surface area contributed by atoms with Gasteiger partial charge in [0.1, 0.15) is 13.2 Å². The van der Waals surface area contributed by atoms with Crippen LogP contribution in [-0.4, -0.2) is 29.3 Å². The zero-order chi connectivity index (χ0) is 23.3. The Hall–Kier alpha value is -3.52. The third-order valence-corrected chi connectivity index (χ3v) is 5.76. The lowest BCUT2D eigenvalue weighted by molar-refractivity contribution is -0.143. The van der Waals surface area contributed by atoms with Gasteiger partial charge in [0.2, 0.25) is 5.91 Å². The molecule has 0 fully saturated rings. The molecule has 0 saturated carbocycles. The van der Waals surface area contributed by atoms with E-state index in [2.05, 4.69) is 10.3 Å². The van der Waals surface area contributed by atoms with Crippen LogP contribution in [0.2, 0.25) is 0 Å². The first-order valence-corrected chi connectivity index (χ1v) is 11.0. The van der Waals surface area contributed by atoms with Crippen LogP contribution < -0.4 is 10.2 Å². The molecule has 3 aromatic rings. The van der Waals surface area contributed by atoms with E-state index in [-0.39, 0.29) is 25.0 Å². The Morgan fingerprint density at radius 2 is 1.75 bits per heavy atom. The molecule has 3 rings (SSSR count). The maximum atomic E-state index is 12.3. The normalized spacial score (nSPS) is 10.5. The number of anilines is 2. The van der Waals surface area contributed by atoms with Crippen LogP contribution >= 0.6 is 11.3 Å². The largest absolute Gasteiger partial charge is 0.458 e. The number of esters is 1. The van der Waals surface area contributed by atoms with Crippen LogP contribution in [0.25, 0.3) is 0 Å². The molecule has 0 saturated heterocycles. The van der Waals surface area contributed by atoms with Crippen molar-refractivity contribution in [1.29, 1.82) is 0 Å². The molecule has 166 valence electrons. The van der Waals surface area contributed by atoms with E-state index in [4.69, 9.17) is 4.74 Å². The number of aromatic nitrogens is 1. The van der Waals surface area contributed by atoms with Gasteiger partial charge in [-0.1, -0.05) is 23.8 Å². The summed E-state index contributed by atoms with van der Waals surface area (Å²) in [6, 6.07) is 12.8. The number of thiazole rings is 1. The first-order chi connectivity index (χ1) is 15.2. The lowest BCUT2D eigenvalue weighted by atomic mass is 10.1. The van der Waals surface area contributed by atoms with Crippen LogP contribution in [-0.2, 0) is 20.9 Å². The monoisotopic (exact) mass is 451 g/mol. The zero-order valence-corrected chi connectivity index (χ0v) is 19.3. The number of carbonyl (C=O) groups excluding carboxylic acids is 3. The van der Waals surface area contributed by atoms with Crippen LogP contribution in [0.4, 0.5) is 10.8 Å². The zero-order valence-electron chi connectivity index (χ0n) is 18.5. The summed E-state index contributed by atoms with van der Waals surface area (Å²) in [6.07, 6.45) is 0. The van der Waals surface area contributed by atoms with Gasteiger partial charge in [-0.25, -0.2) is 4.98 Å². The van der Waals surface area contributed by atoms with Crippen molar-refractivity contribution in [2.24, 2.45) is 0 Å². The van der Waals surface area contributed by atoms with Crippen molar-refractivity contribution >= 4 is 39.9 Å². The van der Waals surface area contributed by atoms with Crippen LogP contribution in [0, 0.1) is 20.8 Å². The van der Waals surface area contributed by atoms with Crippen molar-refractivity contribution in [2.75, 3.05) is 11.4 Å². The summed E-state index contributed by atoms with van der Waals surface area (Å²) in [7, 11) is 0. The number of aryl methyl sites for hydroxylation is 3. The lowest BCUT2D eigenvalue weighted by Crippen LogP contribution is -2.30.